The number of benzene rings is 1. The van der Waals surface area contributed by atoms with E-state index in [-0.39, 0.29) is 17.7 Å². The molecule has 0 unspecified atom stereocenters. The topological polar surface area (TPSA) is 88.2 Å². The number of carbonyl (C=O) groups excluding carboxylic acids is 1. The van der Waals surface area contributed by atoms with E-state index in [9.17, 15) is 9.90 Å². The van der Waals surface area contributed by atoms with E-state index in [1.807, 2.05) is 13.0 Å². The maximum atomic E-state index is 12.1. The lowest BCUT2D eigenvalue weighted by Gasteiger charge is -2.27. The van der Waals surface area contributed by atoms with Crippen molar-refractivity contribution in [2.75, 3.05) is 0 Å². The molecule has 1 aromatic carbocycles. The van der Waals surface area contributed by atoms with E-state index >= 15 is 0 Å². The van der Waals surface area contributed by atoms with Gasteiger partial charge >= 0.3 is 0 Å². The van der Waals surface area contributed by atoms with Crippen LogP contribution in [0, 0.1) is 6.92 Å². The highest BCUT2D eigenvalue weighted by Crippen LogP contribution is 2.31. The molecule has 1 saturated carbocycles. The average molecular weight is 329 g/mol. The molecule has 2 aromatic rings. The number of hydrogen-bond acceptors (Lipinski definition) is 5. The van der Waals surface area contributed by atoms with Gasteiger partial charge in [-0.05, 0) is 56.7 Å². The lowest BCUT2D eigenvalue weighted by atomic mass is 9.86. The maximum Gasteiger partial charge on any atom is 0.229 e. The minimum atomic E-state index is 0.0652. The van der Waals surface area contributed by atoms with Crippen LogP contribution in [0.2, 0.25) is 0 Å². The van der Waals surface area contributed by atoms with Crippen molar-refractivity contribution in [1.29, 1.82) is 0 Å². The number of nitrogens with one attached hydrogen (secondary N) is 1. The van der Waals surface area contributed by atoms with Crippen LogP contribution >= 0.6 is 0 Å². The second kappa shape index (κ2) is 7.47. The molecule has 0 aliphatic heterocycles. The SMILES string of the molecule is Cc1noc(C2CCC(NC(=O)CCc3cccc(O)c3)CC2)n1. The van der Waals surface area contributed by atoms with Crippen molar-refractivity contribution in [2.45, 2.75) is 57.4 Å². The van der Waals surface area contributed by atoms with Crippen LogP contribution in [0.5, 0.6) is 5.75 Å². The predicted octanol–water partition coefficient (Wildman–Crippen LogP) is 2.86. The molecule has 6 nitrogen and oxygen atoms in total. The molecule has 0 saturated heterocycles. The van der Waals surface area contributed by atoms with Gasteiger partial charge in [-0.2, -0.15) is 4.98 Å². The number of nitrogens with zero attached hydrogens (tertiary/aromatic N) is 2. The fourth-order valence-corrected chi connectivity index (χ4v) is 3.23. The summed E-state index contributed by atoms with van der Waals surface area (Å²) in [5, 5.41) is 16.4. The number of hydrogen-bond donors (Lipinski definition) is 2. The molecule has 1 aromatic heterocycles. The van der Waals surface area contributed by atoms with Crippen molar-refractivity contribution in [3.8, 4) is 5.75 Å². The molecule has 128 valence electrons. The van der Waals surface area contributed by atoms with E-state index in [1.165, 1.54) is 0 Å². The first kappa shape index (κ1) is 16.5. The molecule has 2 N–H and O–H groups in total. The summed E-state index contributed by atoms with van der Waals surface area (Å²) >= 11 is 0. The highest BCUT2D eigenvalue weighted by atomic mass is 16.5. The van der Waals surface area contributed by atoms with E-state index in [1.54, 1.807) is 18.2 Å². The van der Waals surface area contributed by atoms with Gasteiger partial charge in [0.1, 0.15) is 5.75 Å². The monoisotopic (exact) mass is 329 g/mol. The largest absolute Gasteiger partial charge is 0.508 e. The van der Waals surface area contributed by atoms with Gasteiger partial charge in [0.15, 0.2) is 5.82 Å². The number of phenolic OH excluding ortho intramolecular Hbond substituents is 1. The summed E-state index contributed by atoms with van der Waals surface area (Å²) in [7, 11) is 0. The van der Waals surface area contributed by atoms with Crippen molar-refractivity contribution < 1.29 is 14.4 Å². The molecular formula is C18H23N3O3. The fourth-order valence-electron chi connectivity index (χ4n) is 3.23. The molecular weight excluding hydrogens is 306 g/mol. The fraction of sp³-hybridized carbons (Fsp3) is 0.500. The first-order chi connectivity index (χ1) is 11.6. The molecule has 0 atom stereocenters. The first-order valence-electron chi connectivity index (χ1n) is 8.47. The Kier molecular flexibility index (Phi) is 5.13. The zero-order valence-corrected chi connectivity index (χ0v) is 13.9. The maximum absolute atomic E-state index is 12.1. The Morgan fingerprint density at radius 2 is 2.12 bits per heavy atom. The number of rotatable bonds is 5. The van der Waals surface area contributed by atoms with Gasteiger partial charge < -0.3 is 14.9 Å². The molecule has 1 aliphatic carbocycles. The standard InChI is InChI=1S/C18H23N3O3/c1-12-19-18(24-21-12)14-6-8-15(9-7-14)20-17(23)10-5-13-3-2-4-16(22)11-13/h2-4,11,14-15,22H,5-10H2,1H3,(H,20,23). The second-order valence-electron chi connectivity index (χ2n) is 6.47. The zero-order valence-electron chi connectivity index (χ0n) is 13.9. The van der Waals surface area contributed by atoms with Gasteiger partial charge in [-0.1, -0.05) is 17.3 Å². The minimum Gasteiger partial charge on any atom is -0.508 e. The summed E-state index contributed by atoms with van der Waals surface area (Å²) in [4.78, 5) is 16.4. The van der Waals surface area contributed by atoms with E-state index < -0.39 is 0 Å². The van der Waals surface area contributed by atoms with Crippen molar-refractivity contribution in [3.05, 3.63) is 41.5 Å². The third kappa shape index (κ3) is 4.34. The van der Waals surface area contributed by atoms with Gasteiger partial charge in [0.05, 0.1) is 0 Å². The number of aromatic nitrogens is 2. The molecule has 24 heavy (non-hydrogen) atoms. The molecule has 6 heteroatoms. The Labute approximate surface area is 141 Å². The van der Waals surface area contributed by atoms with Crippen LogP contribution in [0.3, 0.4) is 0 Å². The number of phenols is 1. The molecule has 0 bridgehead atoms. The Morgan fingerprint density at radius 3 is 2.79 bits per heavy atom. The smallest absolute Gasteiger partial charge is 0.229 e. The Balaban J connectivity index is 1.41. The summed E-state index contributed by atoms with van der Waals surface area (Å²) in [6, 6.07) is 7.27. The molecule has 1 aliphatic rings. The lowest BCUT2D eigenvalue weighted by molar-refractivity contribution is -0.122. The van der Waals surface area contributed by atoms with E-state index in [0.717, 1.165) is 37.1 Å². The number of carbonyl (C=O) groups is 1. The zero-order chi connectivity index (χ0) is 16.9. The van der Waals surface area contributed by atoms with Crippen LogP contribution < -0.4 is 5.32 Å². The summed E-state index contributed by atoms with van der Waals surface area (Å²) in [5.41, 5.74) is 0.973. The minimum absolute atomic E-state index is 0.0652. The molecule has 0 radical (unpaired) electrons. The van der Waals surface area contributed by atoms with Crippen molar-refractivity contribution in [3.63, 3.8) is 0 Å². The second-order valence-corrected chi connectivity index (χ2v) is 6.47. The van der Waals surface area contributed by atoms with Crippen molar-refractivity contribution >= 4 is 5.91 Å². The van der Waals surface area contributed by atoms with Crippen LogP contribution in [0.1, 0.15) is 55.3 Å². The number of amides is 1. The summed E-state index contributed by atoms with van der Waals surface area (Å²) < 4.78 is 5.25. The Bertz CT molecular complexity index is 690. The van der Waals surface area contributed by atoms with Crippen LogP contribution in [0.15, 0.2) is 28.8 Å². The van der Waals surface area contributed by atoms with Crippen molar-refractivity contribution in [1.82, 2.24) is 15.5 Å². The molecule has 1 heterocycles. The van der Waals surface area contributed by atoms with Crippen molar-refractivity contribution in [2.24, 2.45) is 0 Å². The molecule has 1 amide bonds. The van der Waals surface area contributed by atoms with E-state index in [4.69, 9.17) is 4.52 Å². The number of aryl methyl sites for hydroxylation is 2. The summed E-state index contributed by atoms with van der Waals surface area (Å²) in [5.74, 6) is 2.01. The highest BCUT2D eigenvalue weighted by molar-refractivity contribution is 5.76. The van der Waals surface area contributed by atoms with Crippen LogP contribution in [-0.4, -0.2) is 27.2 Å². The van der Waals surface area contributed by atoms with Gasteiger partial charge in [-0.3, -0.25) is 4.79 Å². The third-order valence-corrected chi connectivity index (χ3v) is 4.54. The van der Waals surface area contributed by atoms with E-state index in [0.29, 0.717) is 24.6 Å². The summed E-state index contributed by atoms with van der Waals surface area (Å²) in [6.07, 6.45) is 4.86. The average Bonchev–Trinajstić information content (AvgIpc) is 3.00. The Hall–Kier alpha value is -2.37. The molecule has 0 spiro atoms. The van der Waals surface area contributed by atoms with Crippen LogP contribution in [0.25, 0.3) is 0 Å². The van der Waals surface area contributed by atoms with Gasteiger partial charge in [0.2, 0.25) is 11.8 Å². The van der Waals surface area contributed by atoms with Gasteiger partial charge in [-0.15, -0.1) is 0 Å². The van der Waals surface area contributed by atoms with Gasteiger partial charge in [0, 0.05) is 18.4 Å². The molecule has 1 fully saturated rings. The predicted molar refractivity (Wildman–Crippen MR) is 88.6 cm³/mol. The van der Waals surface area contributed by atoms with Crippen LogP contribution in [0.4, 0.5) is 0 Å². The van der Waals surface area contributed by atoms with Crippen LogP contribution in [-0.2, 0) is 11.2 Å². The van der Waals surface area contributed by atoms with E-state index in [2.05, 4.69) is 15.5 Å². The lowest BCUT2D eigenvalue weighted by Crippen LogP contribution is -2.37. The quantitative estimate of drug-likeness (QED) is 0.880. The molecule has 3 rings (SSSR count). The highest BCUT2D eigenvalue weighted by Gasteiger charge is 2.26. The normalized spacial score (nSPS) is 20.7. The van der Waals surface area contributed by atoms with Gasteiger partial charge in [0.25, 0.3) is 0 Å². The Morgan fingerprint density at radius 1 is 1.33 bits per heavy atom. The number of aromatic hydroxyl groups is 1. The third-order valence-electron chi connectivity index (χ3n) is 4.54. The first-order valence-corrected chi connectivity index (χ1v) is 8.47. The van der Waals surface area contributed by atoms with Gasteiger partial charge in [-0.25, -0.2) is 0 Å². The summed E-state index contributed by atoms with van der Waals surface area (Å²) in [6.45, 7) is 1.82.